The van der Waals surface area contributed by atoms with Gasteiger partial charge in [-0.25, -0.2) is 0 Å². The summed E-state index contributed by atoms with van der Waals surface area (Å²) in [5.74, 6) is 0.472. The molecule has 0 aromatic heterocycles. The quantitative estimate of drug-likeness (QED) is 0.533. The molecule has 1 fully saturated rings. The van der Waals surface area contributed by atoms with Crippen LogP contribution < -0.4 is 16.4 Å². The predicted octanol–water partition coefficient (Wildman–Crippen LogP) is 1.52. The Morgan fingerprint density at radius 2 is 2.18 bits per heavy atom. The summed E-state index contributed by atoms with van der Waals surface area (Å²) in [6.07, 6.45) is 2.10. The summed E-state index contributed by atoms with van der Waals surface area (Å²) in [7, 11) is 0. The number of nitrogens with one attached hydrogen (secondary N) is 2. The number of nitrogen functional groups attached to an aromatic ring is 1. The van der Waals surface area contributed by atoms with Gasteiger partial charge in [0.05, 0.1) is 0 Å². The summed E-state index contributed by atoms with van der Waals surface area (Å²) >= 11 is 0. The monoisotopic (exact) mass is 233 g/mol. The van der Waals surface area contributed by atoms with E-state index in [9.17, 15) is 4.79 Å². The zero-order chi connectivity index (χ0) is 12.3. The molecule has 0 saturated heterocycles. The molecule has 1 amide bonds. The zero-order valence-corrected chi connectivity index (χ0v) is 10.1. The van der Waals surface area contributed by atoms with Crippen LogP contribution in [0.1, 0.15) is 18.4 Å². The fourth-order valence-electron chi connectivity index (χ4n) is 1.70. The molecule has 1 aromatic carbocycles. The van der Waals surface area contributed by atoms with E-state index in [1.165, 1.54) is 0 Å². The molecule has 1 saturated carbocycles. The molecular weight excluding hydrogens is 214 g/mol. The Bertz CT molecular complexity index is 413. The summed E-state index contributed by atoms with van der Waals surface area (Å²) in [5.41, 5.74) is 8.66. The van der Waals surface area contributed by atoms with E-state index in [0.717, 1.165) is 36.3 Å². The molecule has 0 bridgehead atoms. The van der Waals surface area contributed by atoms with Gasteiger partial charge in [-0.3, -0.25) is 4.79 Å². The summed E-state index contributed by atoms with van der Waals surface area (Å²) in [5, 5.41) is 6.19. The number of aryl methyl sites for hydroxylation is 1. The van der Waals surface area contributed by atoms with Crippen molar-refractivity contribution in [2.75, 3.05) is 24.1 Å². The number of anilines is 2. The highest BCUT2D eigenvalue weighted by molar-refractivity contribution is 5.80. The van der Waals surface area contributed by atoms with Crippen LogP contribution in [0, 0.1) is 12.8 Å². The third kappa shape index (κ3) is 3.37. The first-order chi connectivity index (χ1) is 8.16. The van der Waals surface area contributed by atoms with Crippen LogP contribution in [0.5, 0.6) is 0 Å². The third-order valence-corrected chi connectivity index (χ3v) is 2.95. The van der Waals surface area contributed by atoms with Crippen LogP contribution in [0.4, 0.5) is 11.4 Å². The minimum Gasteiger partial charge on any atom is -0.399 e. The van der Waals surface area contributed by atoms with E-state index in [1.54, 1.807) is 0 Å². The fraction of sp³-hybridized carbons (Fsp3) is 0.462. The first-order valence-electron chi connectivity index (χ1n) is 6.04. The Balaban J connectivity index is 1.73. The average molecular weight is 233 g/mol. The molecule has 4 nitrogen and oxygen atoms in total. The van der Waals surface area contributed by atoms with Crippen molar-refractivity contribution in [1.82, 2.24) is 5.32 Å². The van der Waals surface area contributed by atoms with E-state index < -0.39 is 0 Å². The second-order valence-corrected chi connectivity index (χ2v) is 4.57. The van der Waals surface area contributed by atoms with Gasteiger partial charge in [-0.1, -0.05) is 6.07 Å². The maximum atomic E-state index is 11.4. The van der Waals surface area contributed by atoms with Crippen molar-refractivity contribution >= 4 is 17.3 Å². The fourth-order valence-corrected chi connectivity index (χ4v) is 1.70. The van der Waals surface area contributed by atoms with Crippen molar-refractivity contribution in [3.8, 4) is 0 Å². The van der Waals surface area contributed by atoms with Crippen molar-refractivity contribution in [3.05, 3.63) is 23.8 Å². The van der Waals surface area contributed by atoms with Gasteiger partial charge in [0, 0.05) is 30.4 Å². The summed E-state index contributed by atoms with van der Waals surface area (Å²) in [6, 6.07) is 5.79. The molecule has 0 unspecified atom stereocenters. The van der Waals surface area contributed by atoms with E-state index in [1.807, 2.05) is 25.1 Å². The lowest BCUT2D eigenvalue weighted by Gasteiger charge is -2.10. The van der Waals surface area contributed by atoms with Gasteiger partial charge in [0.1, 0.15) is 0 Å². The van der Waals surface area contributed by atoms with Crippen LogP contribution in [0.25, 0.3) is 0 Å². The minimum atomic E-state index is 0.191. The molecule has 17 heavy (non-hydrogen) atoms. The van der Waals surface area contributed by atoms with Gasteiger partial charge < -0.3 is 16.4 Å². The van der Waals surface area contributed by atoms with Gasteiger partial charge in [0.25, 0.3) is 0 Å². The molecule has 0 aliphatic heterocycles. The number of carbonyl (C=O) groups excluding carboxylic acids is 1. The van der Waals surface area contributed by atoms with Crippen LogP contribution in [0.2, 0.25) is 0 Å². The molecular formula is C13H19N3O. The van der Waals surface area contributed by atoms with E-state index >= 15 is 0 Å². The molecule has 1 aliphatic rings. The number of hydrogen-bond donors (Lipinski definition) is 3. The van der Waals surface area contributed by atoms with E-state index in [2.05, 4.69) is 10.6 Å². The smallest absolute Gasteiger partial charge is 0.223 e. The van der Waals surface area contributed by atoms with Gasteiger partial charge in [0.15, 0.2) is 0 Å². The van der Waals surface area contributed by atoms with Gasteiger partial charge in [-0.15, -0.1) is 0 Å². The van der Waals surface area contributed by atoms with Gasteiger partial charge in [-0.05, 0) is 37.5 Å². The van der Waals surface area contributed by atoms with E-state index in [-0.39, 0.29) is 11.8 Å². The lowest BCUT2D eigenvalue weighted by atomic mass is 10.2. The minimum absolute atomic E-state index is 0.191. The molecule has 0 atom stereocenters. The molecule has 92 valence electrons. The molecule has 1 aliphatic carbocycles. The first-order valence-corrected chi connectivity index (χ1v) is 6.04. The van der Waals surface area contributed by atoms with Crippen molar-refractivity contribution in [3.63, 3.8) is 0 Å². The molecule has 4 heteroatoms. The highest BCUT2D eigenvalue weighted by Gasteiger charge is 2.28. The number of carbonyl (C=O) groups is 1. The number of hydrogen-bond acceptors (Lipinski definition) is 3. The van der Waals surface area contributed by atoms with Crippen molar-refractivity contribution in [1.29, 1.82) is 0 Å². The predicted molar refractivity (Wildman–Crippen MR) is 69.8 cm³/mol. The van der Waals surface area contributed by atoms with Crippen LogP contribution in [0.15, 0.2) is 18.2 Å². The molecule has 4 N–H and O–H groups in total. The Morgan fingerprint density at radius 3 is 2.88 bits per heavy atom. The molecule has 0 spiro atoms. The van der Waals surface area contributed by atoms with Crippen LogP contribution >= 0.6 is 0 Å². The third-order valence-electron chi connectivity index (χ3n) is 2.95. The second-order valence-electron chi connectivity index (χ2n) is 4.57. The summed E-state index contributed by atoms with van der Waals surface area (Å²) < 4.78 is 0. The lowest BCUT2D eigenvalue weighted by Crippen LogP contribution is -2.29. The zero-order valence-electron chi connectivity index (χ0n) is 10.1. The topological polar surface area (TPSA) is 67.2 Å². The van der Waals surface area contributed by atoms with Gasteiger partial charge in [-0.2, -0.15) is 0 Å². The first kappa shape index (κ1) is 11.8. The maximum Gasteiger partial charge on any atom is 0.223 e. The van der Waals surface area contributed by atoms with E-state index in [0.29, 0.717) is 6.54 Å². The number of amides is 1. The van der Waals surface area contributed by atoms with Gasteiger partial charge >= 0.3 is 0 Å². The Morgan fingerprint density at radius 1 is 1.41 bits per heavy atom. The number of benzene rings is 1. The Hall–Kier alpha value is -1.71. The van der Waals surface area contributed by atoms with Crippen LogP contribution in [-0.2, 0) is 4.79 Å². The van der Waals surface area contributed by atoms with E-state index in [4.69, 9.17) is 5.73 Å². The van der Waals surface area contributed by atoms with Gasteiger partial charge in [0.2, 0.25) is 5.91 Å². The number of nitrogens with two attached hydrogens (primary N) is 1. The lowest BCUT2D eigenvalue weighted by molar-refractivity contribution is -0.122. The second kappa shape index (κ2) is 5.08. The molecule has 2 rings (SSSR count). The van der Waals surface area contributed by atoms with Crippen molar-refractivity contribution in [2.24, 2.45) is 5.92 Å². The number of rotatable bonds is 5. The SMILES string of the molecule is Cc1ccc(N)cc1NCCNC(=O)C1CC1. The molecule has 0 heterocycles. The largest absolute Gasteiger partial charge is 0.399 e. The molecule has 1 aromatic rings. The van der Waals surface area contributed by atoms with Crippen LogP contribution in [0.3, 0.4) is 0 Å². The van der Waals surface area contributed by atoms with Crippen molar-refractivity contribution < 1.29 is 4.79 Å². The Labute approximate surface area is 102 Å². The normalized spacial score (nSPS) is 14.4. The highest BCUT2D eigenvalue weighted by Crippen LogP contribution is 2.28. The van der Waals surface area contributed by atoms with Crippen LogP contribution in [-0.4, -0.2) is 19.0 Å². The summed E-state index contributed by atoms with van der Waals surface area (Å²) in [6.45, 7) is 3.41. The Kier molecular flexibility index (Phi) is 3.52. The molecule has 0 radical (unpaired) electrons. The standard InChI is InChI=1S/C13H19N3O/c1-9-2-5-11(14)8-12(9)15-6-7-16-13(17)10-3-4-10/h2,5,8,10,15H,3-4,6-7,14H2,1H3,(H,16,17). The summed E-state index contributed by atoms with van der Waals surface area (Å²) in [4.78, 5) is 11.4. The average Bonchev–Trinajstić information content (AvgIpc) is 3.12. The highest BCUT2D eigenvalue weighted by atomic mass is 16.2. The maximum absolute atomic E-state index is 11.4. The van der Waals surface area contributed by atoms with Crippen molar-refractivity contribution in [2.45, 2.75) is 19.8 Å².